The highest BCUT2D eigenvalue weighted by atomic mass is 35.5. The summed E-state index contributed by atoms with van der Waals surface area (Å²) >= 11 is 6.12. The maximum absolute atomic E-state index is 14.8. The molecule has 0 bridgehead atoms. The highest BCUT2D eigenvalue weighted by Crippen LogP contribution is 2.39. The Balaban J connectivity index is 2.18. The molecule has 7 nitrogen and oxygen atoms in total. The summed E-state index contributed by atoms with van der Waals surface area (Å²) < 4.78 is 29.5. The Morgan fingerprint density at radius 3 is 2.53 bits per heavy atom. The van der Waals surface area contributed by atoms with Crippen molar-refractivity contribution in [3.63, 3.8) is 0 Å². The van der Waals surface area contributed by atoms with Crippen molar-refractivity contribution in [3.8, 4) is 11.4 Å². The van der Waals surface area contributed by atoms with E-state index in [1.54, 1.807) is 4.68 Å². The van der Waals surface area contributed by atoms with E-state index >= 15 is 0 Å². The molecule has 1 aromatic heterocycles. The first-order valence-corrected chi connectivity index (χ1v) is 12.1. The van der Waals surface area contributed by atoms with E-state index < -0.39 is 42.5 Å². The monoisotopic (exact) mass is 519 g/mol. The number of nitrogens with zero attached hydrogens (tertiary/aromatic N) is 4. The minimum absolute atomic E-state index is 0.103. The lowest BCUT2D eigenvalue weighted by Gasteiger charge is -2.39. The molecule has 1 heterocycles. The number of aliphatic hydroxyl groups is 1. The largest absolute Gasteiger partial charge is 0.387 e. The Kier molecular flexibility index (Phi) is 9.16. The van der Waals surface area contributed by atoms with Crippen molar-refractivity contribution in [1.82, 2.24) is 19.7 Å². The summed E-state index contributed by atoms with van der Waals surface area (Å²) in [6.45, 7) is 4.71. The van der Waals surface area contributed by atoms with Crippen LogP contribution in [0.15, 0.2) is 48.5 Å². The highest BCUT2D eigenvalue weighted by molar-refractivity contribution is 6.30. The average molecular weight is 520 g/mol. The van der Waals surface area contributed by atoms with Gasteiger partial charge in [-0.15, -0.1) is 0 Å². The van der Waals surface area contributed by atoms with Gasteiger partial charge in [0.1, 0.15) is 19.1 Å². The molecule has 36 heavy (non-hydrogen) atoms. The lowest BCUT2D eigenvalue weighted by molar-refractivity contribution is -0.139. The molecule has 3 aromatic rings. The van der Waals surface area contributed by atoms with E-state index in [4.69, 9.17) is 22.3 Å². The van der Waals surface area contributed by atoms with Gasteiger partial charge in [-0.05, 0) is 35.6 Å². The fourth-order valence-corrected chi connectivity index (χ4v) is 4.25. The molecule has 10 heteroatoms. The zero-order valence-electron chi connectivity index (χ0n) is 20.7. The van der Waals surface area contributed by atoms with Gasteiger partial charge in [-0.2, -0.15) is 5.10 Å². The van der Waals surface area contributed by atoms with Crippen LogP contribution in [0.4, 0.5) is 8.78 Å². The van der Waals surface area contributed by atoms with Crippen molar-refractivity contribution in [1.29, 1.82) is 0 Å². The summed E-state index contributed by atoms with van der Waals surface area (Å²) in [5.41, 5.74) is 6.26. The average Bonchev–Trinajstić information content (AvgIpc) is 3.24. The molecule has 3 N–H and O–H groups in total. The fraction of sp³-hybridized carbons (Fsp3) is 0.423. The van der Waals surface area contributed by atoms with E-state index in [9.17, 15) is 18.7 Å². The first kappa shape index (κ1) is 27.7. The third kappa shape index (κ3) is 6.66. The predicted octanol–water partition coefficient (Wildman–Crippen LogP) is 4.38. The Morgan fingerprint density at radius 2 is 1.92 bits per heavy atom. The van der Waals surface area contributed by atoms with Crippen LogP contribution >= 0.6 is 11.6 Å². The topological polar surface area (TPSA) is 97.3 Å². The summed E-state index contributed by atoms with van der Waals surface area (Å²) in [5, 5.41) is 14.7. The molecular weight excluding hydrogens is 488 g/mol. The van der Waals surface area contributed by atoms with Crippen LogP contribution in [0.25, 0.3) is 11.4 Å². The first-order valence-electron chi connectivity index (χ1n) is 11.7. The van der Waals surface area contributed by atoms with Crippen LogP contribution in [0.3, 0.4) is 0 Å². The molecule has 0 spiro atoms. The van der Waals surface area contributed by atoms with Crippen molar-refractivity contribution < 1.29 is 18.7 Å². The molecule has 0 saturated heterocycles. The fourth-order valence-electron chi connectivity index (χ4n) is 4.08. The maximum Gasteiger partial charge on any atom is 0.248 e. The molecule has 0 radical (unpaired) electrons. The Hall–Kier alpha value is -2.88. The SMILES string of the molecule is CC(C)(C)C(c1nc(-c2cc(Cl)ccc2F)nn1Cc1ccccc1)N(CCC(N)CF)C(=O)CO. The summed E-state index contributed by atoms with van der Waals surface area (Å²) in [6, 6.07) is 12.2. The van der Waals surface area contributed by atoms with E-state index in [0.29, 0.717) is 17.4 Å². The third-order valence-electron chi connectivity index (χ3n) is 5.82. The summed E-state index contributed by atoms with van der Waals surface area (Å²) in [7, 11) is 0. The van der Waals surface area contributed by atoms with Gasteiger partial charge in [0, 0.05) is 17.6 Å². The number of hydrogen-bond donors (Lipinski definition) is 2. The minimum atomic E-state index is -0.752. The molecule has 0 aliphatic rings. The van der Waals surface area contributed by atoms with Crippen LogP contribution in [-0.4, -0.2) is 56.5 Å². The number of hydrogen-bond acceptors (Lipinski definition) is 5. The second kappa shape index (κ2) is 11.9. The number of nitrogens with two attached hydrogens (primary N) is 1. The number of alkyl halides is 1. The van der Waals surface area contributed by atoms with E-state index in [1.807, 2.05) is 51.1 Å². The molecule has 2 unspecified atom stereocenters. The number of amides is 1. The van der Waals surface area contributed by atoms with Gasteiger partial charge >= 0.3 is 0 Å². The van der Waals surface area contributed by atoms with Gasteiger partial charge in [0.25, 0.3) is 0 Å². The van der Waals surface area contributed by atoms with Gasteiger partial charge in [0.05, 0.1) is 18.2 Å². The van der Waals surface area contributed by atoms with Gasteiger partial charge in [0.15, 0.2) is 11.6 Å². The molecular formula is C26H32ClF2N5O2. The summed E-state index contributed by atoms with van der Waals surface area (Å²) in [6.07, 6.45) is 0.192. The van der Waals surface area contributed by atoms with Crippen molar-refractivity contribution in [3.05, 3.63) is 70.8 Å². The van der Waals surface area contributed by atoms with Crippen LogP contribution in [-0.2, 0) is 11.3 Å². The first-order chi connectivity index (χ1) is 17.0. The molecule has 0 aliphatic carbocycles. The van der Waals surface area contributed by atoms with Crippen molar-refractivity contribution in [2.24, 2.45) is 11.1 Å². The number of benzene rings is 2. The Morgan fingerprint density at radius 1 is 1.22 bits per heavy atom. The van der Waals surface area contributed by atoms with Crippen molar-refractivity contribution in [2.45, 2.75) is 45.8 Å². The number of rotatable bonds is 10. The van der Waals surface area contributed by atoms with E-state index in [1.165, 1.54) is 23.1 Å². The van der Waals surface area contributed by atoms with E-state index in [-0.39, 0.29) is 24.4 Å². The van der Waals surface area contributed by atoms with Crippen molar-refractivity contribution in [2.75, 3.05) is 19.8 Å². The third-order valence-corrected chi connectivity index (χ3v) is 6.05. The summed E-state index contributed by atoms with van der Waals surface area (Å²) in [4.78, 5) is 19.1. The predicted molar refractivity (Wildman–Crippen MR) is 136 cm³/mol. The van der Waals surface area contributed by atoms with Crippen LogP contribution < -0.4 is 5.73 Å². The molecule has 2 atom stereocenters. The quantitative estimate of drug-likeness (QED) is 0.414. The lowest BCUT2D eigenvalue weighted by atomic mass is 9.84. The number of carbonyl (C=O) groups is 1. The zero-order chi connectivity index (χ0) is 26.5. The molecule has 3 rings (SSSR count). The molecule has 0 fully saturated rings. The van der Waals surface area contributed by atoms with Crippen LogP contribution in [0, 0.1) is 11.2 Å². The highest BCUT2D eigenvalue weighted by Gasteiger charge is 2.39. The van der Waals surface area contributed by atoms with Gasteiger partial charge in [-0.25, -0.2) is 18.4 Å². The van der Waals surface area contributed by atoms with Gasteiger partial charge in [0.2, 0.25) is 5.91 Å². The smallest absolute Gasteiger partial charge is 0.248 e. The van der Waals surface area contributed by atoms with Crippen LogP contribution in [0.1, 0.15) is 44.6 Å². The van der Waals surface area contributed by atoms with Crippen molar-refractivity contribution >= 4 is 17.5 Å². The van der Waals surface area contributed by atoms with Crippen LogP contribution in [0.2, 0.25) is 5.02 Å². The standard InChI is InChI=1S/C26H32ClF2N5O2/c1-26(2,3)23(33(22(36)16-35)12-11-19(30)14-28)25-31-24(20-13-18(27)9-10-21(20)29)32-34(25)15-17-7-5-4-6-8-17/h4-10,13,19,23,35H,11-12,14-16,30H2,1-3H3. The molecule has 194 valence electrons. The number of aromatic nitrogens is 3. The molecule has 0 saturated carbocycles. The normalized spacial score (nSPS) is 13.4. The Bertz CT molecular complexity index is 1170. The van der Waals surface area contributed by atoms with E-state index in [0.717, 1.165) is 5.56 Å². The maximum atomic E-state index is 14.8. The lowest BCUT2D eigenvalue weighted by Crippen LogP contribution is -2.45. The second-order valence-corrected chi connectivity index (χ2v) is 10.2. The number of aliphatic hydroxyl groups excluding tert-OH is 1. The molecule has 1 amide bonds. The second-order valence-electron chi connectivity index (χ2n) is 9.78. The zero-order valence-corrected chi connectivity index (χ0v) is 21.4. The minimum Gasteiger partial charge on any atom is -0.387 e. The van der Waals surface area contributed by atoms with Crippen LogP contribution in [0.5, 0.6) is 0 Å². The summed E-state index contributed by atoms with van der Waals surface area (Å²) in [5.74, 6) is -0.568. The number of halogens is 3. The molecule has 0 aliphatic heterocycles. The van der Waals surface area contributed by atoms with Gasteiger partial charge < -0.3 is 15.7 Å². The molecule has 2 aromatic carbocycles. The van der Waals surface area contributed by atoms with E-state index in [2.05, 4.69) is 5.10 Å². The van der Waals surface area contributed by atoms with Gasteiger partial charge in [-0.3, -0.25) is 4.79 Å². The Labute approximate surface area is 214 Å². The van der Waals surface area contributed by atoms with Gasteiger partial charge in [-0.1, -0.05) is 62.7 Å². The number of carbonyl (C=O) groups excluding carboxylic acids is 1.